The van der Waals surface area contributed by atoms with E-state index in [1.807, 2.05) is 11.8 Å². The molecule has 3 aromatic rings. The molecular weight excluding hydrogens is 388 g/mol. The number of fused-ring (bicyclic) bond motifs is 1. The van der Waals surface area contributed by atoms with Crippen molar-refractivity contribution in [3.8, 4) is 11.5 Å². The average molecular weight is 411 g/mol. The summed E-state index contributed by atoms with van der Waals surface area (Å²) in [5, 5.41) is 4.33. The van der Waals surface area contributed by atoms with Crippen LogP contribution in [0.2, 0.25) is 0 Å². The Balaban J connectivity index is 0.00000280. The van der Waals surface area contributed by atoms with Gasteiger partial charge in [-0.15, -0.1) is 12.4 Å². The molecule has 0 amide bonds. The number of benzene rings is 1. The highest BCUT2D eigenvalue weighted by Gasteiger charge is 2.14. The molecule has 0 aliphatic rings. The first kappa shape index (κ1) is 21.6. The topological polar surface area (TPSA) is 132 Å². The van der Waals surface area contributed by atoms with Gasteiger partial charge in [0.05, 0.1) is 44.8 Å². The molecule has 0 radical (unpaired) electrons. The van der Waals surface area contributed by atoms with Gasteiger partial charge in [-0.2, -0.15) is 4.98 Å². The average Bonchev–Trinajstić information content (AvgIpc) is 3.14. The third-order valence-corrected chi connectivity index (χ3v) is 4.13. The van der Waals surface area contributed by atoms with Crippen molar-refractivity contribution in [1.29, 1.82) is 0 Å². The minimum absolute atomic E-state index is 0. The number of methoxy groups -OCH3 is 2. The van der Waals surface area contributed by atoms with Crippen LogP contribution in [0.25, 0.3) is 10.9 Å². The summed E-state index contributed by atoms with van der Waals surface area (Å²) in [5.74, 6) is 2.45. The maximum absolute atomic E-state index is 12.5. The van der Waals surface area contributed by atoms with Crippen LogP contribution in [0.1, 0.15) is 24.5 Å². The monoisotopic (exact) mass is 410 g/mol. The van der Waals surface area contributed by atoms with Crippen LogP contribution in [-0.4, -0.2) is 45.8 Å². The lowest BCUT2D eigenvalue weighted by molar-refractivity contribution is 0.252. The summed E-state index contributed by atoms with van der Waals surface area (Å²) in [5.41, 5.74) is 5.78. The van der Waals surface area contributed by atoms with E-state index in [4.69, 9.17) is 19.7 Å². The zero-order chi connectivity index (χ0) is 19.4. The third kappa shape index (κ3) is 4.58. The fourth-order valence-electron chi connectivity index (χ4n) is 2.72. The smallest absolute Gasteiger partial charge is 0.258 e. The molecule has 1 aromatic carbocycles. The number of ether oxygens (including phenoxy) is 2. The highest BCUT2D eigenvalue weighted by molar-refractivity contribution is 5.85. The van der Waals surface area contributed by atoms with Crippen LogP contribution in [0.5, 0.6) is 11.5 Å². The van der Waals surface area contributed by atoms with Gasteiger partial charge in [0.1, 0.15) is 5.82 Å². The van der Waals surface area contributed by atoms with Crippen LogP contribution >= 0.6 is 12.4 Å². The minimum Gasteiger partial charge on any atom is -0.493 e. The predicted molar refractivity (Wildman–Crippen MR) is 105 cm³/mol. The molecular formula is C17H23ClN6O4. The molecule has 3 rings (SSSR count). The van der Waals surface area contributed by atoms with Gasteiger partial charge in [0.2, 0.25) is 5.89 Å². The molecule has 3 N–H and O–H groups in total. The van der Waals surface area contributed by atoms with E-state index >= 15 is 0 Å². The summed E-state index contributed by atoms with van der Waals surface area (Å²) in [4.78, 5) is 26.1. The van der Waals surface area contributed by atoms with E-state index in [9.17, 15) is 4.79 Å². The van der Waals surface area contributed by atoms with E-state index in [1.165, 1.54) is 14.2 Å². The lowest BCUT2D eigenvalue weighted by Gasteiger charge is -2.18. The van der Waals surface area contributed by atoms with Crippen LogP contribution < -0.4 is 20.8 Å². The van der Waals surface area contributed by atoms with E-state index in [2.05, 4.69) is 20.1 Å². The van der Waals surface area contributed by atoms with Crippen molar-refractivity contribution < 1.29 is 14.0 Å². The van der Waals surface area contributed by atoms with Crippen LogP contribution in [0.15, 0.2) is 21.5 Å². The van der Waals surface area contributed by atoms with E-state index in [1.54, 1.807) is 12.1 Å². The molecule has 0 saturated heterocycles. The SMILES string of the molecule is CCN(Cc1noc(CN)n1)Cc1nc2cc(OC)c(OC)cc2c(=O)[nH]1.Cl. The number of aromatic nitrogens is 4. The first-order valence-electron chi connectivity index (χ1n) is 8.46. The second-order valence-corrected chi connectivity index (χ2v) is 5.85. The largest absolute Gasteiger partial charge is 0.493 e. The van der Waals surface area contributed by atoms with Crippen molar-refractivity contribution >= 4 is 23.3 Å². The molecule has 0 atom stereocenters. The van der Waals surface area contributed by atoms with Gasteiger partial charge < -0.3 is 24.7 Å². The molecule has 0 saturated carbocycles. The van der Waals surface area contributed by atoms with Crippen molar-refractivity contribution in [3.63, 3.8) is 0 Å². The first-order valence-corrected chi connectivity index (χ1v) is 8.46. The molecule has 2 heterocycles. The molecule has 10 nitrogen and oxygen atoms in total. The number of hydrogen-bond acceptors (Lipinski definition) is 9. The molecule has 152 valence electrons. The number of nitrogens with one attached hydrogen (secondary N) is 1. The Kier molecular flexibility index (Phi) is 7.32. The first-order chi connectivity index (χ1) is 13.1. The predicted octanol–water partition coefficient (Wildman–Crippen LogP) is 1.23. The summed E-state index contributed by atoms with van der Waals surface area (Å²) in [6.45, 7) is 3.78. The highest BCUT2D eigenvalue weighted by Crippen LogP contribution is 2.29. The molecule has 2 aromatic heterocycles. The van der Waals surface area contributed by atoms with Crippen LogP contribution in [0.4, 0.5) is 0 Å². The number of rotatable bonds is 8. The Morgan fingerprint density at radius 2 is 1.89 bits per heavy atom. The molecule has 0 bridgehead atoms. The summed E-state index contributed by atoms with van der Waals surface area (Å²) in [7, 11) is 3.06. The van der Waals surface area contributed by atoms with Gasteiger partial charge in [-0.3, -0.25) is 9.69 Å². The molecule has 0 spiro atoms. The van der Waals surface area contributed by atoms with Gasteiger partial charge in [-0.25, -0.2) is 4.98 Å². The Hall–Kier alpha value is -2.69. The summed E-state index contributed by atoms with van der Waals surface area (Å²) < 4.78 is 15.6. The van der Waals surface area contributed by atoms with Crippen LogP contribution in [0.3, 0.4) is 0 Å². The van der Waals surface area contributed by atoms with Crippen molar-refractivity contribution in [3.05, 3.63) is 40.0 Å². The lowest BCUT2D eigenvalue weighted by Crippen LogP contribution is -2.26. The number of H-pyrrole nitrogens is 1. The van der Waals surface area contributed by atoms with Gasteiger partial charge in [0.25, 0.3) is 5.56 Å². The lowest BCUT2D eigenvalue weighted by atomic mass is 10.2. The fraction of sp³-hybridized carbons (Fsp3) is 0.412. The standard InChI is InChI=1S/C17H22N6O4.ClH/c1-4-23(9-15-20-16(7-18)27-22-15)8-14-19-11-6-13(26-3)12(25-2)5-10(11)17(24)21-14;/h5-6H,4,7-9,18H2,1-3H3,(H,19,21,24);1H. The number of nitrogens with two attached hydrogens (primary N) is 1. The number of halogens is 1. The molecule has 11 heteroatoms. The maximum atomic E-state index is 12.5. The molecule has 0 aliphatic carbocycles. The minimum atomic E-state index is -0.239. The summed E-state index contributed by atoms with van der Waals surface area (Å²) in [6.07, 6.45) is 0. The van der Waals surface area contributed by atoms with E-state index in [0.29, 0.717) is 59.6 Å². The Bertz CT molecular complexity index is 989. The summed E-state index contributed by atoms with van der Waals surface area (Å²) >= 11 is 0. The number of hydrogen-bond donors (Lipinski definition) is 2. The van der Waals surface area contributed by atoms with Gasteiger partial charge in [0, 0.05) is 6.07 Å². The Morgan fingerprint density at radius 3 is 2.50 bits per heavy atom. The third-order valence-electron chi connectivity index (χ3n) is 4.13. The van der Waals surface area contributed by atoms with Gasteiger partial charge in [0.15, 0.2) is 17.3 Å². The van der Waals surface area contributed by atoms with Crippen LogP contribution in [-0.2, 0) is 19.6 Å². The van der Waals surface area contributed by atoms with Gasteiger partial charge in [-0.05, 0) is 12.6 Å². The van der Waals surface area contributed by atoms with Crippen LogP contribution in [0, 0.1) is 0 Å². The van der Waals surface area contributed by atoms with E-state index in [-0.39, 0.29) is 24.5 Å². The zero-order valence-corrected chi connectivity index (χ0v) is 16.7. The van der Waals surface area contributed by atoms with Gasteiger partial charge in [-0.1, -0.05) is 12.1 Å². The molecule has 0 unspecified atom stereocenters. The number of aromatic amines is 1. The highest BCUT2D eigenvalue weighted by atomic mass is 35.5. The fourth-order valence-corrected chi connectivity index (χ4v) is 2.72. The van der Waals surface area contributed by atoms with Crippen molar-refractivity contribution in [1.82, 2.24) is 25.0 Å². The van der Waals surface area contributed by atoms with Crippen molar-refractivity contribution in [2.45, 2.75) is 26.6 Å². The van der Waals surface area contributed by atoms with E-state index in [0.717, 1.165) is 0 Å². The second kappa shape index (κ2) is 9.49. The van der Waals surface area contributed by atoms with E-state index < -0.39 is 0 Å². The molecule has 0 fully saturated rings. The maximum Gasteiger partial charge on any atom is 0.258 e. The quantitative estimate of drug-likeness (QED) is 0.562. The van der Waals surface area contributed by atoms with Gasteiger partial charge >= 0.3 is 0 Å². The molecule has 0 aliphatic heterocycles. The van der Waals surface area contributed by atoms with Crippen molar-refractivity contribution in [2.75, 3.05) is 20.8 Å². The Morgan fingerprint density at radius 1 is 1.18 bits per heavy atom. The Labute approximate surface area is 167 Å². The number of nitrogens with zero attached hydrogens (tertiary/aromatic N) is 4. The second-order valence-electron chi connectivity index (χ2n) is 5.85. The van der Waals surface area contributed by atoms with Crippen molar-refractivity contribution in [2.24, 2.45) is 5.73 Å². The normalized spacial score (nSPS) is 10.9. The molecule has 28 heavy (non-hydrogen) atoms. The summed E-state index contributed by atoms with van der Waals surface area (Å²) in [6, 6.07) is 3.31. The zero-order valence-electron chi connectivity index (χ0n) is 15.9.